The summed E-state index contributed by atoms with van der Waals surface area (Å²) in [6, 6.07) is 9.22. The Balaban J connectivity index is 1.95. The van der Waals surface area contributed by atoms with Crippen LogP contribution in [-0.2, 0) is 6.61 Å². The fraction of sp³-hybridized carbons (Fsp3) is 0.273. The molecule has 2 aromatic rings. The lowest BCUT2D eigenvalue weighted by Crippen LogP contribution is -2.07. The Kier molecular flexibility index (Phi) is 3.16. The summed E-state index contributed by atoms with van der Waals surface area (Å²) in [4.78, 5) is 4.10. The molecule has 1 aromatic carbocycles. The van der Waals surface area contributed by atoms with E-state index in [1.54, 1.807) is 6.92 Å². The van der Waals surface area contributed by atoms with Crippen molar-refractivity contribution in [3.05, 3.63) is 42.0 Å². The third-order valence-electron chi connectivity index (χ3n) is 2.00. The van der Waals surface area contributed by atoms with Gasteiger partial charge in [0.1, 0.15) is 5.75 Å². The van der Waals surface area contributed by atoms with Gasteiger partial charge >= 0.3 is 0 Å². The SMILES string of the molecule is CC(N)c1noc(COc2ccccc2)n1. The van der Waals surface area contributed by atoms with Crippen molar-refractivity contribution in [2.24, 2.45) is 5.73 Å². The monoisotopic (exact) mass is 219 g/mol. The first kappa shape index (κ1) is 10.6. The van der Waals surface area contributed by atoms with Gasteiger partial charge in [-0.15, -0.1) is 0 Å². The highest BCUT2D eigenvalue weighted by atomic mass is 16.5. The number of rotatable bonds is 4. The van der Waals surface area contributed by atoms with Crippen LogP contribution in [0.25, 0.3) is 0 Å². The number of hydrogen-bond acceptors (Lipinski definition) is 5. The smallest absolute Gasteiger partial charge is 0.264 e. The number of aromatic nitrogens is 2. The zero-order valence-corrected chi connectivity index (χ0v) is 8.96. The Bertz CT molecular complexity index is 440. The standard InChI is InChI=1S/C11H13N3O2/c1-8(12)11-13-10(16-14-11)7-15-9-5-3-2-4-6-9/h2-6,8H,7,12H2,1H3. The Morgan fingerprint density at radius 1 is 1.38 bits per heavy atom. The molecule has 0 spiro atoms. The number of ether oxygens (including phenoxy) is 1. The molecule has 0 aliphatic rings. The average Bonchev–Trinajstić information content (AvgIpc) is 2.76. The Morgan fingerprint density at radius 2 is 2.12 bits per heavy atom. The van der Waals surface area contributed by atoms with Crippen molar-refractivity contribution in [1.82, 2.24) is 10.1 Å². The second-order valence-corrected chi connectivity index (χ2v) is 3.44. The van der Waals surface area contributed by atoms with E-state index in [4.69, 9.17) is 15.0 Å². The number of nitrogens with two attached hydrogens (primary N) is 1. The zero-order valence-electron chi connectivity index (χ0n) is 8.96. The molecule has 0 aliphatic carbocycles. The first-order chi connectivity index (χ1) is 7.75. The quantitative estimate of drug-likeness (QED) is 0.846. The Hall–Kier alpha value is -1.88. The molecule has 0 saturated carbocycles. The largest absolute Gasteiger partial charge is 0.484 e. The van der Waals surface area contributed by atoms with Crippen LogP contribution in [-0.4, -0.2) is 10.1 Å². The van der Waals surface area contributed by atoms with Crippen molar-refractivity contribution in [1.29, 1.82) is 0 Å². The van der Waals surface area contributed by atoms with Crippen LogP contribution in [0, 0.1) is 0 Å². The maximum atomic E-state index is 5.61. The van der Waals surface area contributed by atoms with Crippen LogP contribution in [0.4, 0.5) is 0 Å². The second kappa shape index (κ2) is 4.76. The Morgan fingerprint density at radius 3 is 2.75 bits per heavy atom. The van der Waals surface area contributed by atoms with Crippen LogP contribution in [0.3, 0.4) is 0 Å². The summed E-state index contributed by atoms with van der Waals surface area (Å²) in [6.07, 6.45) is 0. The highest BCUT2D eigenvalue weighted by Crippen LogP contribution is 2.11. The van der Waals surface area contributed by atoms with E-state index in [0.717, 1.165) is 5.75 Å². The molecule has 2 N–H and O–H groups in total. The van der Waals surface area contributed by atoms with Crippen LogP contribution in [0.2, 0.25) is 0 Å². The van der Waals surface area contributed by atoms with Gasteiger partial charge in [0.05, 0.1) is 6.04 Å². The van der Waals surface area contributed by atoms with Crippen molar-refractivity contribution in [2.45, 2.75) is 19.6 Å². The maximum absolute atomic E-state index is 5.61. The lowest BCUT2D eigenvalue weighted by Gasteiger charge is -2.01. The zero-order chi connectivity index (χ0) is 11.4. The minimum Gasteiger partial charge on any atom is -0.484 e. The van der Waals surface area contributed by atoms with E-state index in [1.165, 1.54) is 0 Å². The summed E-state index contributed by atoms with van der Waals surface area (Å²) >= 11 is 0. The fourth-order valence-electron chi connectivity index (χ4n) is 1.17. The van der Waals surface area contributed by atoms with Crippen LogP contribution < -0.4 is 10.5 Å². The highest BCUT2D eigenvalue weighted by molar-refractivity contribution is 5.20. The molecule has 0 bridgehead atoms. The molecular weight excluding hydrogens is 206 g/mol. The number of hydrogen-bond donors (Lipinski definition) is 1. The molecule has 0 amide bonds. The summed E-state index contributed by atoms with van der Waals surface area (Å²) in [6.45, 7) is 2.05. The summed E-state index contributed by atoms with van der Waals surface area (Å²) in [7, 11) is 0. The normalized spacial score (nSPS) is 12.4. The number of nitrogens with zero attached hydrogens (tertiary/aromatic N) is 2. The van der Waals surface area contributed by atoms with Gasteiger partial charge in [-0.3, -0.25) is 0 Å². The van der Waals surface area contributed by atoms with Gasteiger partial charge in [0, 0.05) is 0 Å². The van der Waals surface area contributed by atoms with Crippen molar-refractivity contribution in [2.75, 3.05) is 0 Å². The lowest BCUT2D eigenvalue weighted by atomic mass is 10.3. The van der Waals surface area contributed by atoms with Crippen molar-refractivity contribution >= 4 is 0 Å². The second-order valence-electron chi connectivity index (χ2n) is 3.44. The molecule has 0 saturated heterocycles. The first-order valence-corrected chi connectivity index (χ1v) is 5.01. The van der Waals surface area contributed by atoms with Crippen molar-refractivity contribution < 1.29 is 9.26 Å². The molecule has 84 valence electrons. The maximum Gasteiger partial charge on any atom is 0.264 e. The van der Waals surface area contributed by atoms with E-state index < -0.39 is 0 Å². The van der Waals surface area contributed by atoms with E-state index in [9.17, 15) is 0 Å². The highest BCUT2D eigenvalue weighted by Gasteiger charge is 2.09. The summed E-state index contributed by atoms with van der Waals surface area (Å²) in [5.74, 6) is 1.69. The summed E-state index contributed by atoms with van der Waals surface area (Å²) < 4.78 is 10.4. The van der Waals surface area contributed by atoms with Gasteiger partial charge in [0.25, 0.3) is 5.89 Å². The van der Waals surface area contributed by atoms with E-state index in [1.807, 2.05) is 30.3 Å². The van der Waals surface area contributed by atoms with Crippen molar-refractivity contribution in [3.8, 4) is 5.75 Å². The molecule has 1 atom stereocenters. The van der Waals surface area contributed by atoms with Gasteiger partial charge in [-0.1, -0.05) is 23.4 Å². The third kappa shape index (κ3) is 2.58. The molecule has 0 radical (unpaired) electrons. The summed E-state index contributed by atoms with van der Waals surface area (Å²) in [5, 5.41) is 3.74. The van der Waals surface area contributed by atoms with Crippen molar-refractivity contribution in [3.63, 3.8) is 0 Å². The average molecular weight is 219 g/mol. The molecule has 1 unspecified atom stereocenters. The number of benzene rings is 1. The van der Waals surface area contributed by atoms with Crippen LogP contribution in [0.5, 0.6) is 5.75 Å². The summed E-state index contributed by atoms with van der Waals surface area (Å²) in [5.41, 5.74) is 5.61. The van der Waals surface area contributed by atoms with E-state index in [2.05, 4.69) is 10.1 Å². The molecule has 1 aromatic heterocycles. The van der Waals surface area contributed by atoms with Gasteiger partial charge in [0.2, 0.25) is 0 Å². The van der Waals surface area contributed by atoms with Crippen LogP contribution in [0.1, 0.15) is 24.7 Å². The minimum absolute atomic E-state index is 0.228. The van der Waals surface area contributed by atoms with Crippen LogP contribution >= 0.6 is 0 Å². The van der Waals surface area contributed by atoms with Gasteiger partial charge < -0.3 is 15.0 Å². The van der Waals surface area contributed by atoms with E-state index >= 15 is 0 Å². The molecular formula is C11H13N3O2. The lowest BCUT2D eigenvalue weighted by molar-refractivity contribution is 0.242. The van der Waals surface area contributed by atoms with E-state index in [0.29, 0.717) is 11.7 Å². The molecule has 0 fully saturated rings. The predicted octanol–water partition coefficient (Wildman–Crippen LogP) is 1.67. The number of para-hydroxylation sites is 1. The molecule has 5 nitrogen and oxygen atoms in total. The van der Waals surface area contributed by atoms with Gasteiger partial charge in [-0.25, -0.2) is 0 Å². The van der Waals surface area contributed by atoms with Gasteiger partial charge in [-0.05, 0) is 19.1 Å². The molecule has 5 heteroatoms. The van der Waals surface area contributed by atoms with Gasteiger partial charge in [-0.2, -0.15) is 4.98 Å². The molecule has 2 rings (SSSR count). The molecule has 16 heavy (non-hydrogen) atoms. The topological polar surface area (TPSA) is 74.2 Å². The molecule has 0 aliphatic heterocycles. The fourth-order valence-corrected chi connectivity index (χ4v) is 1.17. The molecule has 1 heterocycles. The minimum atomic E-state index is -0.228. The Labute approximate surface area is 93.2 Å². The van der Waals surface area contributed by atoms with Crippen LogP contribution in [0.15, 0.2) is 34.9 Å². The van der Waals surface area contributed by atoms with E-state index in [-0.39, 0.29) is 12.6 Å². The van der Waals surface area contributed by atoms with Gasteiger partial charge in [0.15, 0.2) is 12.4 Å². The third-order valence-corrected chi connectivity index (χ3v) is 2.00. The predicted molar refractivity (Wildman–Crippen MR) is 57.7 cm³/mol. The first-order valence-electron chi connectivity index (χ1n) is 5.01.